The lowest BCUT2D eigenvalue weighted by Gasteiger charge is -2.08. The zero-order valence-electron chi connectivity index (χ0n) is 11.7. The second-order valence-corrected chi connectivity index (χ2v) is 6.07. The summed E-state index contributed by atoms with van der Waals surface area (Å²) in [5.74, 6) is 1.02. The summed E-state index contributed by atoms with van der Waals surface area (Å²) in [5.41, 5.74) is 4.07. The maximum Gasteiger partial charge on any atom is 0.133 e. The van der Waals surface area contributed by atoms with Gasteiger partial charge in [-0.3, -0.25) is 0 Å². The van der Waals surface area contributed by atoms with Gasteiger partial charge >= 0.3 is 0 Å². The van der Waals surface area contributed by atoms with Gasteiger partial charge in [0.1, 0.15) is 5.82 Å². The van der Waals surface area contributed by atoms with Gasteiger partial charge in [-0.25, -0.2) is 4.68 Å². The third-order valence-electron chi connectivity index (χ3n) is 3.83. The summed E-state index contributed by atoms with van der Waals surface area (Å²) >= 11 is 12.5. The number of fused-ring (bicyclic) bond motifs is 1. The van der Waals surface area contributed by atoms with Crippen LogP contribution in [0.3, 0.4) is 0 Å². The van der Waals surface area contributed by atoms with E-state index >= 15 is 0 Å². The average Bonchev–Trinajstić information content (AvgIpc) is 3.10. The number of hydrogen-bond acceptors (Lipinski definition) is 2. The molecule has 3 nitrogen and oxygen atoms in total. The highest BCUT2D eigenvalue weighted by molar-refractivity contribution is 6.32. The second-order valence-electron chi connectivity index (χ2n) is 5.23. The summed E-state index contributed by atoms with van der Waals surface area (Å²) < 4.78 is 1.89. The van der Waals surface area contributed by atoms with Gasteiger partial charge in [-0.2, -0.15) is 5.10 Å². The van der Waals surface area contributed by atoms with Crippen molar-refractivity contribution in [2.75, 3.05) is 11.9 Å². The molecule has 1 aromatic heterocycles. The first-order valence-corrected chi connectivity index (χ1v) is 7.86. The van der Waals surface area contributed by atoms with Gasteiger partial charge in [0.05, 0.1) is 16.4 Å². The summed E-state index contributed by atoms with van der Waals surface area (Å²) in [6.07, 6.45) is 0.946. The van der Waals surface area contributed by atoms with E-state index in [1.54, 1.807) is 0 Å². The second kappa shape index (κ2) is 5.34. The molecule has 0 saturated heterocycles. The van der Waals surface area contributed by atoms with Gasteiger partial charge in [0.15, 0.2) is 0 Å². The van der Waals surface area contributed by atoms with Gasteiger partial charge < -0.3 is 5.32 Å². The molecule has 0 saturated carbocycles. The first-order chi connectivity index (χ1) is 10.7. The van der Waals surface area contributed by atoms with Crippen LogP contribution in [0, 0.1) is 0 Å². The summed E-state index contributed by atoms with van der Waals surface area (Å²) in [4.78, 5) is 0. The molecule has 3 aromatic rings. The third-order valence-corrected chi connectivity index (χ3v) is 4.38. The molecular formula is C17H13Cl2N3. The van der Waals surface area contributed by atoms with Crippen molar-refractivity contribution >= 4 is 29.0 Å². The molecule has 110 valence electrons. The maximum absolute atomic E-state index is 6.33. The summed E-state index contributed by atoms with van der Waals surface area (Å²) in [6.45, 7) is 0.908. The van der Waals surface area contributed by atoms with E-state index in [1.807, 2.05) is 53.2 Å². The number of benzene rings is 2. The van der Waals surface area contributed by atoms with Crippen LogP contribution in [-0.4, -0.2) is 16.3 Å². The minimum Gasteiger partial charge on any atom is -0.369 e. The topological polar surface area (TPSA) is 29.9 Å². The number of halogens is 2. The van der Waals surface area contributed by atoms with E-state index in [0.717, 1.165) is 35.7 Å². The highest BCUT2D eigenvalue weighted by atomic mass is 35.5. The first kappa shape index (κ1) is 13.7. The number of anilines is 1. The lowest BCUT2D eigenvalue weighted by Crippen LogP contribution is -2.04. The fraction of sp³-hybridized carbons (Fsp3) is 0.118. The standard InChI is InChI=1S/C17H13Cl2N3/c18-12-5-3-4-11(10-12)16-13-8-9-20-17(13)22(21-16)15-7-2-1-6-14(15)19/h1-7,10,20H,8-9H2. The van der Waals surface area contributed by atoms with Crippen molar-refractivity contribution in [2.45, 2.75) is 6.42 Å². The van der Waals surface area contributed by atoms with Gasteiger partial charge in [0.25, 0.3) is 0 Å². The van der Waals surface area contributed by atoms with Crippen molar-refractivity contribution in [3.63, 3.8) is 0 Å². The quantitative estimate of drug-likeness (QED) is 0.730. The van der Waals surface area contributed by atoms with Crippen molar-refractivity contribution in [2.24, 2.45) is 0 Å². The number of rotatable bonds is 2. The van der Waals surface area contributed by atoms with Gasteiger partial charge in [0, 0.05) is 22.7 Å². The Labute approximate surface area is 138 Å². The Bertz CT molecular complexity index is 855. The van der Waals surface area contributed by atoms with Crippen molar-refractivity contribution in [1.82, 2.24) is 9.78 Å². The minimum absolute atomic E-state index is 0.680. The molecule has 2 heterocycles. The van der Waals surface area contributed by atoms with Crippen molar-refractivity contribution < 1.29 is 0 Å². The smallest absolute Gasteiger partial charge is 0.133 e. The largest absolute Gasteiger partial charge is 0.369 e. The summed E-state index contributed by atoms with van der Waals surface area (Å²) in [5, 5.41) is 9.59. The summed E-state index contributed by atoms with van der Waals surface area (Å²) in [6, 6.07) is 15.5. The molecule has 0 radical (unpaired) electrons. The number of para-hydroxylation sites is 1. The molecule has 1 aliphatic rings. The Kier molecular flexibility index (Phi) is 3.32. The van der Waals surface area contributed by atoms with Crippen molar-refractivity contribution in [1.29, 1.82) is 0 Å². The number of aromatic nitrogens is 2. The van der Waals surface area contributed by atoms with Gasteiger partial charge in [0.2, 0.25) is 0 Å². The SMILES string of the molecule is Clc1cccc(-c2nn(-c3ccccc3Cl)c3c2CCN3)c1. The molecule has 0 aliphatic carbocycles. The molecule has 0 bridgehead atoms. The van der Waals surface area contributed by atoms with Crippen LogP contribution in [0.25, 0.3) is 16.9 Å². The van der Waals surface area contributed by atoms with Gasteiger partial charge in [-0.05, 0) is 30.7 Å². The maximum atomic E-state index is 6.33. The predicted molar refractivity (Wildman–Crippen MR) is 91.2 cm³/mol. The molecule has 1 N–H and O–H groups in total. The van der Waals surface area contributed by atoms with Crippen LogP contribution in [-0.2, 0) is 6.42 Å². The van der Waals surface area contributed by atoms with Crippen molar-refractivity contribution in [3.05, 3.63) is 64.1 Å². The van der Waals surface area contributed by atoms with E-state index in [-0.39, 0.29) is 0 Å². The Hall–Kier alpha value is -1.97. The molecule has 1 aliphatic heterocycles. The van der Waals surface area contributed by atoms with Crippen LogP contribution < -0.4 is 5.32 Å². The van der Waals surface area contributed by atoms with E-state index in [2.05, 4.69) is 5.32 Å². The van der Waals surface area contributed by atoms with E-state index < -0.39 is 0 Å². The molecule has 0 unspecified atom stereocenters. The lowest BCUT2D eigenvalue weighted by atomic mass is 10.1. The Balaban J connectivity index is 1.93. The molecule has 5 heteroatoms. The highest BCUT2D eigenvalue weighted by Gasteiger charge is 2.24. The van der Waals surface area contributed by atoms with Crippen LogP contribution in [0.15, 0.2) is 48.5 Å². The molecular weight excluding hydrogens is 317 g/mol. The van der Waals surface area contributed by atoms with Gasteiger partial charge in [-0.1, -0.05) is 47.5 Å². The van der Waals surface area contributed by atoms with Crippen LogP contribution in [0.1, 0.15) is 5.56 Å². The average molecular weight is 330 g/mol. The fourth-order valence-corrected chi connectivity index (χ4v) is 3.25. The van der Waals surface area contributed by atoms with Crippen LogP contribution in [0.2, 0.25) is 10.0 Å². The fourth-order valence-electron chi connectivity index (χ4n) is 2.84. The Morgan fingerprint density at radius 3 is 2.73 bits per heavy atom. The number of hydrogen-bond donors (Lipinski definition) is 1. The minimum atomic E-state index is 0.680. The number of nitrogens with zero attached hydrogens (tertiary/aromatic N) is 2. The van der Waals surface area contributed by atoms with Gasteiger partial charge in [-0.15, -0.1) is 0 Å². The van der Waals surface area contributed by atoms with Crippen LogP contribution in [0.5, 0.6) is 0 Å². The van der Waals surface area contributed by atoms with Crippen molar-refractivity contribution in [3.8, 4) is 16.9 Å². The lowest BCUT2D eigenvalue weighted by molar-refractivity contribution is 0.882. The number of nitrogens with one attached hydrogen (secondary N) is 1. The predicted octanol–water partition coefficient (Wildman–Crippen LogP) is 4.81. The van der Waals surface area contributed by atoms with Crippen LogP contribution >= 0.6 is 23.2 Å². The monoisotopic (exact) mass is 329 g/mol. The third kappa shape index (κ3) is 2.18. The molecule has 2 aromatic carbocycles. The zero-order valence-corrected chi connectivity index (χ0v) is 13.2. The Morgan fingerprint density at radius 1 is 1.05 bits per heavy atom. The Morgan fingerprint density at radius 2 is 1.91 bits per heavy atom. The zero-order chi connectivity index (χ0) is 15.1. The van der Waals surface area contributed by atoms with E-state index in [9.17, 15) is 0 Å². The molecule has 22 heavy (non-hydrogen) atoms. The first-order valence-electron chi connectivity index (χ1n) is 7.10. The molecule has 0 fully saturated rings. The normalized spacial score (nSPS) is 13.0. The molecule has 0 atom stereocenters. The van der Waals surface area contributed by atoms with E-state index in [1.165, 1.54) is 5.56 Å². The van der Waals surface area contributed by atoms with E-state index in [0.29, 0.717) is 10.0 Å². The molecule has 0 amide bonds. The van der Waals surface area contributed by atoms with Crippen LogP contribution in [0.4, 0.5) is 5.82 Å². The molecule has 4 rings (SSSR count). The summed E-state index contributed by atoms with van der Waals surface area (Å²) in [7, 11) is 0. The molecule has 0 spiro atoms. The highest BCUT2D eigenvalue weighted by Crippen LogP contribution is 2.36. The van der Waals surface area contributed by atoms with E-state index in [4.69, 9.17) is 28.3 Å².